The van der Waals surface area contributed by atoms with Crippen LogP contribution < -0.4 is 0 Å². The van der Waals surface area contributed by atoms with Gasteiger partial charge in [0, 0.05) is 11.8 Å². The quantitative estimate of drug-likeness (QED) is 0.886. The van der Waals surface area contributed by atoms with Crippen molar-refractivity contribution in [2.24, 2.45) is 0 Å². The lowest BCUT2D eigenvalue weighted by molar-refractivity contribution is 0.0692. The molecule has 0 fully saturated rings. The number of carboxylic acid groups (broad SMARTS) is 1. The predicted molar refractivity (Wildman–Crippen MR) is 63.0 cm³/mol. The maximum Gasteiger partial charge on any atom is 0.355 e. The fraction of sp³-hybridized carbons (Fsp3) is 0.364. The number of rotatable bonds is 4. The van der Waals surface area contributed by atoms with E-state index in [-0.39, 0.29) is 5.69 Å². The number of nitrogens with zero attached hydrogens (tertiary/aromatic N) is 2. The first-order valence-corrected chi connectivity index (χ1v) is 6.07. The highest BCUT2D eigenvalue weighted by atomic mass is 32.1. The Labute approximate surface area is 97.0 Å². The van der Waals surface area contributed by atoms with Crippen LogP contribution in [0.15, 0.2) is 11.4 Å². The van der Waals surface area contributed by atoms with E-state index in [9.17, 15) is 4.79 Å². The average molecular weight is 236 g/mol. The fourth-order valence-electron chi connectivity index (χ4n) is 1.51. The van der Waals surface area contributed by atoms with E-state index >= 15 is 0 Å². The minimum atomic E-state index is -0.983. The number of hydrogen-bond donors (Lipinski definition) is 1. The third-order valence-electron chi connectivity index (χ3n) is 2.33. The van der Waals surface area contributed by atoms with E-state index < -0.39 is 5.97 Å². The molecule has 0 amide bonds. The molecule has 0 atom stereocenters. The SMILES string of the molecule is CCCCc1nc(C(=O)O)c2ccsc2n1. The molecular weight excluding hydrogens is 224 g/mol. The van der Waals surface area contributed by atoms with Crippen molar-refractivity contribution in [1.29, 1.82) is 0 Å². The topological polar surface area (TPSA) is 63.1 Å². The lowest BCUT2D eigenvalue weighted by Gasteiger charge is -2.01. The Hall–Kier alpha value is -1.49. The second-order valence-corrected chi connectivity index (χ2v) is 4.43. The summed E-state index contributed by atoms with van der Waals surface area (Å²) in [4.78, 5) is 20.3. The molecule has 0 unspecified atom stereocenters. The zero-order chi connectivity index (χ0) is 11.5. The molecule has 0 aliphatic rings. The van der Waals surface area contributed by atoms with E-state index in [1.807, 2.05) is 5.38 Å². The fourth-order valence-corrected chi connectivity index (χ4v) is 2.29. The van der Waals surface area contributed by atoms with Gasteiger partial charge in [0.1, 0.15) is 10.7 Å². The monoisotopic (exact) mass is 236 g/mol. The van der Waals surface area contributed by atoms with Gasteiger partial charge in [0.2, 0.25) is 0 Å². The van der Waals surface area contributed by atoms with E-state index in [0.717, 1.165) is 24.1 Å². The normalized spacial score (nSPS) is 10.8. The summed E-state index contributed by atoms with van der Waals surface area (Å²) in [5.41, 5.74) is 0.123. The second kappa shape index (κ2) is 4.57. The molecule has 0 bridgehead atoms. The molecule has 2 aromatic heterocycles. The van der Waals surface area contributed by atoms with Gasteiger partial charge in [0.15, 0.2) is 5.69 Å². The zero-order valence-electron chi connectivity index (χ0n) is 8.93. The van der Waals surface area contributed by atoms with Gasteiger partial charge in [0.05, 0.1) is 0 Å². The summed E-state index contributed by atoms with van der Waals surface area (Å²) in [6.45, 7) is 2.09. The summed E-state index contributed by atoms with van der Waals surface area (Å²) in [7, 11) is 0. The van der Waals surface area contributed by atoms with Gasteiger partial charge in [-0.1, -0.05) is 13.3 Å². The summed E-state index contributed by atoms with van der Waals surface area (Å²) in [6, 6.07) is 1.76. The van der Waals surface area contributed by atoms with Crippen molar-refractivity contribution in [3.05, 3.63) is 23.0 Å². The summed E-state index contributed by atoms with van der Waals surface area (Å²) in [5.74, 6) is -0.349. The van der Waals surface area contributed by atoms with Crippen molar-refractivity contribution in [3.8, 4) is 0 Å². The zero-order valence-corrected chi connectivity index (χ0v) is 9.75. The molecule has 4 nitrogen and oxygen atoms in total. The summed E-state index contributed by atoms with van der Waals surface area (Å²) in [5, 5.41) is 11.5. The van der Waals surface area contributed by atoms with Crippen molar-refractivity contribution in [2.75, 3.05) is 0 Å². The van der Waals surface area contributed by atoms with Gasteiger partial charge in [-0.05, 0) is 17.9 Å². The number of aryl methyl sites for hydroxylation is 1. The summed E-state index contributed by atoms with van der Waals surface area (Å²) in [6.07, 6.45) is 2.77. The third-order valence-corrected chi connectivity index (χ3v) is 3.13. The molecule has 0 aliphatic heterocycles. The van der Waals surface area contributed by atoms with Crippen LogP contribution in [0.5, 0.6) is 0 Å². The van der Waals surface area contributed by atoms with Crippen LogP contribution in [0, 0.1) is 0 Å². The Kier molecular flexibility index (Phi) is 3.14. The largest absolute Gasteiger partial charge is 0.476 e. The summed E-state index contributed by atoms with van der Waals surface area (Å²) >= 11 is 1.45. The highest BCUT2D eigenvalue weighted by Gasteiger charge is 2.14. The number of unbranched alkanes of at least 4 members (excludes halogenated alkanes) is 1. The van der Waals surface area contributed by atoms with Gasteiger partial charge >= 0.3 is 5.97 Å². The maximum absolute atomic E-state index is 11.1. The molecule has 0 aromatic carbocycles. The first kappa shape index (κ1) is 11.0. The van der Waals surface area contributed by atoms with Gasteiger partial charge in [-0.25, -0.2) is 14.8 Å². The number of hydrogen-bond acceptors (Lipinski definition) is 4. The number of fused-ring (bicyclic) bond motifs is 1. The molecule has 0 saturated heterocycles. The third kappa shape index (κ3) is 2.04. The number of carbonyl (C=O) groups is 1. The standard InChI is InChI=1S/C11H12N2O2S/c1-2-3-4-8-12-9(11(14)15)7-5-6-16-10(7)13-8/h5-6H,2-4H2,1H3,(H,14,15). The molecule has 16 heavy (non-hydrogen) atoms. The van der Waals surface area contributed by atoms with Gasteiger partial charge in [-0.3, -0.25) is 0 Å². The second-order valence-electron chi connectivity index (χ2n) is 3.54. The van der Waals surface area contributed by atoms with Crippen LogP contribution in [0.25, 0.3) is 10.2 Å². The average Bonchev–Trinajstić information content (AvgIpc) is 2.72. The minimum Gasteiger partial charge on any atom is -0.476 e. The van der Waals surface area contributed by atoms with Crippen molar-refractivity contribution >= 4 is 27.5 Å². The van der Waals surface area contributed by atoms with Crippen LogP contribution in [-0.2, 0) is 6.42 Å². The predicted octanol–water partition coefficient (Wildman–Crippen LogP) is 2.73. The number of thiophene rings is 1. The molecule has 0 saturated carbocycles. The van der Waals surface area contributed by atoms with E-state index in [1.165, 1.54) is 11.3 Å². The lowest BCUT2D eigenvalue weighted by atomic mass is 10.2. The van der Waals surface area contributed by atoms with Crippen molar-refractivity contribution in [2.45, 2.75) is 26.2 Å². The molecular formula is C11H12N2O2S. The Morgan fingerprint density at radius 3 is 3.00 bits per heavy atom. The van der Waals surface area contributed by atoms with Crippen LogP contribution in [-0.4, -0.2) is 21.0 Å². The Morgan fingerprint density at radius 1 is 1.50 bits per heavy atom. The Balaban J connectivity index is 2.48. The van der Waals surface area contributed by atoms with Gasteiger partial charge in [-0.15, -0.1) is 11.3 Å². The molecule has 5 heteroatoms. The van der Waals surface area contributed by atoms with E-state index in [0.29, 0.717) is 11.2 Å². The number of aromatic nitrogens is 2. The minimum absolute atomic E-state index is 0.123. The molecule has 0 spiro atoms. The Morgan fingerprint density at radius 2 is 2.31 bits per heavy atom. The molecule has 0 aliphatic carbocycles. The van der Waals surface area contributed by atoms with Crippen LogP contribution in [0.1, 0.15) is 36.1 Å². The first-order valence-electron chi connectivity index (χ1n) is 5.19. The molecule has 1 N–H and O–H groups in total. The van der Waals surface area contributed by atoms with Gasteiger partial charge in [0.25, 0.3) is 0 Å². The smallest absolute Gasteiger partial charge is 0.355 e. The number of aromatic carboxylic acids is 1. The lowest BCUT2D eigenvalue weighted by Crippen LogP contribution is -2.05. The Bertz CT molecular complexity index is 522. The summed E-state index contributed by atoms with van der Waals surface area (Å²) < 4.78 is 0. The van der Waals surface area contributed by atoms with Crippen LogP contribution >= 0.6 is 11.3 Å². The van der Waals surface area contributed by atoms with E-state index in [2.05, 4.69) is 16.9 Å². The molecule has 0 radical (unpaired) electrons. The maximum atomic E-state index is 11.1. The molecule has 84 valence electrons. The van der Waals surface area contributed by atoms with E-state index in [1.54, 1.807) is 6.07 Å². The van der Waals surface area contributed by atoms with Gasteiger partial charge in [-0.2, -0.15) is 0 Å². The van der Waals surface area contributed by atoms with Crippen LogP contribution in [0.2, 0.25) is 0 Å². The van der Waals surface area contributed by atoms with Crippen molar-refractivity contribution < 1.29 is 9.90 Å². The molecule has 2 rings (SSSR count). The van der Waals surface area contributed by atoms with E-state index in [4.69, 9.17) is 5.11 Å². The molecule has 2 heterocycles. The number of carboxylic acids is 1. The van der Waals surface area contributed by atoms with Crippen molar-refractivity contribution in [3.63, 3.8) is 0 Å². The highest BCUT2D eigenvalue weighted by molar-refractivity contribution is 7.16. The van der Waals surface area contributed by atoms with Crippen LogP contribution in [0.3, 0.4) is 0 Å². The molecule has 2 aromatic rings. The van der Waals surface area contributed by atoms with Crippen LogP contribution in [0.4, 0.5) is 0 Å². The van der Waals surface area contributed by atoms with Gasteiger partial charge < -0.3 is 5.11 Å². The first-order chi connectivity index (χ1) is 7.72. The van der Waals surface area contributed by atoms with Crippen molar-refractivity contribution in [1.82, 2.24) is 9.97 Å². The highest BCUT2D eigenvalue weighted by Crippen LogP contribution is 2.21.